The van der Waals surface area contributed by atoms with Crippen LogP contribution in [0.2, 0.25) is 5.02 Å². The van der Waals surface area contributed by atoms with E-state index in [1.807, 2.05) is 18.2 Å². The molecule has 0 spiro atoms. The summed E-state index contributed by atoms with van der Waals surface area (Å²) in [6.45, 7) is 2.14. The highest BCUT2D eigenvalue weighted by atomic mass is 35.5. The number of benzene rings is 2. The number of β-amino-alcohol motifs (C(OH)–C–C–N with tert-alkyl or cyclic N) is 1. The van der Waals surface area contributed by atoms with Gasteiger partial charge in [-0.3, -0.25) is 4.79 Å². The quantitative estimate of drug-likeness (QED) is 0.604. The first-order valence-electron chi connectivity index (χ1n) is 11.7. The molecule has 8 nitrogen and oxygen atoms in total. The van der Waals surface area contributed by atoms with Gasteiger partial charge in [0.15, 0.2) is 0 Å². The molecule has 0 aromatic heterocycles. The van der Waals surface area contributed by atoms with Gasteiger partial charge in [0.2, 0.25) is 15.9 Å². The lowest BCUT2D eigenvalue weighted by molar-refractivity contribution is -0.146. The van der Waals surface area contributed by atoms with Crippen molar-refractivity contribution in [2.24, 2.45) is 0 Å². The van der Waals surface area contributed by atoms with Crippen LogP contribution in [0.3, 0.4) is 0 Å². The van der Waals surface area contributed by atoms with Gasteiger partial charge in [0.05, 0.1) is 48.9 Å². The fourth-order valence-electron chi connectivity index (χ4n) is 4.66. The number of halogens is 1. The highest BCUT2D eigenvalue weighted by Crippen LogP contribution is 2.32. The van der Waals surface area contributed by atoms with E-state index >= 15 is 0 Å². The summed E-state index contributed by atoms with van der Waals surface area (Å²) in [7, 11) is -3.87. The maximum atomic E-state index is 13.6. The molecule has 2 aromatic rings. The molecule has 4 rings (SSSR count). The Morgan fingerprint density at radius 1 is 1.14 bits per heavy atom. The van der Waals surface area contributed by atoms with Gasteiger partial charge >= 0.3 is 0 Å². The van der Waals surface area contributed by atoms with Crippen LogP contribution in [0.4, 0.5) is 0 Å². The molecule has 0 saturated carbocycles. The van der Waals surface area contributed by atoms with Crippen LogP contribution in [0.25, 0.3) is 0 Å². The summed E-state index contributed by atoms with van der Waals surface area (Å²) < 4.78 is 40.4. The summed E-state index contributed by atoms with van der Waals surface area (Å²) in [5.41, 5.74) is 1.47. The zero-order chi connectivity index (χ0) is 25.0. The lowest BCUT2D eigenvalue weighted by Gasteiger charge is -2.43. The number of carbonyl (C=O) groups excluding carboxylic acids is 1. The second-order valence-electron chi connectivity index (χ2n) is 9.05. The number of ether oxygens (including phenoxy) is 2. The van der Waals surface area contributed by atoms with E-state index in [-0.39, 0.29) is 43.1 Å². The Morgan fingerprint density at radius 2 is 1.89 bits per heavy atom. The average Bonchev–Trinajstić information content (AvgIpc) is 2.81. The first kappa shape index (κ1) is 26.1. The number of aryl methyl sites for hydroxylation is 1. The minimum atomic E-state index is -3.87. The molecule has 2 aliphatic rings. The maximum absolute atomic E-state index is 13.6. The van der Waals surface area contributed by atoms with Gasteiger partial charge in [-0.25, -0.2) is 8.42 Å². The first-order chi connectivity index (χ1) is 16.8. The lowest BCUT2D eigenvalue weighted by Crippen LogP contribution is -2.57. The molecule has 0 aliphatic carbocycles. The zero-order valence-electron chi connectivity index (χ0n) is 19.6. The van der Waals surface area contributed by atoms with Crippen molar-refractivity contribution < 1.29 is 27.8 Å². The third-order valence-corrected chi connectivity index (χ3v) is 8.88. The Hall–Kier alpha value is -2.01. The van der Waals surface area contributed by atoms with Crippen LogP contribution in [0, 0.1) is 6.92 Å². The fourth-order valence-corrected chi connectivity index (χ4v) is 6.80. The molecule has 0 unspecified atom stereocenters. The van der Waals surface area contributed by atoms with Gasteiger partial charge < -0.3 is 19.9 Å². The molecular formula is C25H31ClN2O6S. The molecule has 2 aliphatic heterocycles. The summed E-state index contributed by atoms with van der Waals surface area (Å²) in [5, 5.41) is 13.8. The predicted molar refractivity (Wildman–Crippen MR) is 131 cm³/mol. The molecule has 2 saturated heterocycles. The van der Waals surface area contributed by atoms with Crippen LogP contribution in [0.15, 0.2) is 53.4 Å². The number of nitrogens with zero attached hydrogens (tertiary/aromatic N) is 1. The molecule has 190 valence electrons. The summed E-state index contributed by atoms with van der Waals surface area (Å²) >= 11 is 6.16. The van der Waals surface area contributed by atoms with E-state index in [2.05, 4.69) is 5.32 Å². The van der Waals surface area contributed by atoms with Gasteiger partial charge in [-0.05, 0) is 43.0 Å². The molecule has 2 fully saturated rings. The van der Waals surface area contributed by atoms with Crippen LogP contribution < -0.4 is 5.32 Å². The van der Waals surface area contributed by atoms with Gasteiger partial charge in [-0.2, -0.15) is 4.31 Å². The van der Waals surface area contributed by atoms with Gasteiger partial charge in [0.25, 0.3) is 0 Å². The van der Waals surface area contributed by atoms with Gasteiger partial charge in [0.1, 0.15) is 0 Å². The van der Waals surface area contributed by atoms with E-state index in [4.69, 9.17) is 21.1 Å². The number of aliphatic hydroxyl groups is 1. The largest absolute Gasteiger partial charge is 0.389 e. The van der Waals surface area contributed by atoms with Crippen molar-refractivity contribution in [1.82, 2.24) is 9.62 Å². The zero-order valence-corrected chi connectivity index (χ0v) is 21.2. The number of fused-ring (bicyclic) bond motifs is 1. The number of carbonyl (C=O) groups is 1. The van der Waals surface area contributed by atoms with E-state index < -0.39 is 28.3 Å². The van der Waals surface area contributed by atoms with Crippen LogP contribution >= 0.6 is 11.6 Å². The summed E-state index contributed by atoms with van der Waals surface area (Å²) in [6, 6.07) is 13.6. The number of hydrogen-bond acceptors (Lipinski definition) is 6. The molecule has 0 radical (unpaired) electrons. The number of rotatable bonds is 6. The van der Waals surface area contributed by atoms with E-state index in [1.54, 1.807) is 37.3 Å². The van der Waals surface area contributed by atoms with Crippen LogP contribution in [-0.4, -0.2) is 67.8 Å². The van der Waals surface area contributed by atoms with Crippen molar-refractivity contribution >= 4 is 27.5 Å². The highest BCUT2D eigenvalue weighted by molar-refractivity contribution is 7.89. The molecule has 2 aromatic carbocycles. The molecule has 10 heteroatoms. The Balaban J connectivity index is 1.44. The number of aliphatic hydroxyl groups excluding tert-OH is 1. The van der Waals surface area contributed by atoms with Crippen molar-refractivity contribution in [3.8, 4) is 0 Å². The van der Waals surface area contributed by atoms with Crippen molar-refractivity contribution in [3.63, 3.8) is 0 Å². The molecule has 4 atom stereocenters. The monoisotopic (exact) mass is 522 g/mol. The van der Waals surface area contributed by atoms with Crippen molar-refractivity contribution in [3.05, 3.63) is 64.7 Å². The summed E-state index contributed by atoms with van der Waals surface area (Å²) in [6.07, 6.45) is -0.691. The summed E-state index contributed by atoms with van der Waals surface area (Å²) in [4.78, 5) is 12.8. The Bertz CT molecular complexity index is 1140. The SMILES string of the molecule is Cc1ccccc1S(=O)(=O)N1C[C@H](O)COC[C@H]2O[C@H](CC(=O)NCc3ccccc3Cl)CC[C@@H]21. The fraction of sp³-hybridized carbons (Fsp3) is 0.480. The van der Waals surface area contributed by atoms with E-state index in [0.29, 0.717) is 30.0 Å². The normalized spacial score (nSPS) is 25.8. The van der Waals surface area contributed by atoms with Gasteiger partial charge in [-0.15, -0.1) is 0 Å². The maximum Gasteiger partial charge on any atom is 0.243 e. The second-order valence-corrected chi connectivity index (χ2v) is 11.3. The first-order valence-corrected chi connectivity index (χ1v) is 13.6. The Labute approximate surface area is 211 Å². The minimum Gasteiger partial charge on any atom is -0.389 e. The molecule has 35 heavy (non-hydrogen) atoms. The molecule has 2 N–H and O–H groups in total. The molecule has 0 bridgehead atoms. The number of sulfonamides is 1. The number of amides is 1. The third kappa shape index (κ3) is 6.22. The molecular weight excluding hydrogens is 492 g/mol. The topological polar surface area (TPSA) is 105 Å². The smallest absolute Gasteiger partial charge is 0.243 e. The molecule has 1 amide bonds. The predicted octanol–water partition coefficient (Wildman–Crippen LogP) is 2.65. The van der Waals surface area contributed by atoms with E-state index in [1.165, 1.54) is 4.31 Å². The van der Waals surface area contributed by atoms with E-state index in [0.717, 1.165) is 5.56 Å². The standard InChI is InChI=1S/C25H31ClN2O6S/c1-17-6-2-5-9-24(17)35(31,32)28-14-19(29)15-33-16-23-22(28)11-10-20(34-23)12-25(30)27-13-18-7-3-4-8-21(18)26/h2-9,19-20,22-23,29H,10-16H2,1H3,(H,27,30)/t19-,20-,22-,23+/m0/s1. The van der Waals surface area contributed by atoms with Crippen LogP contribution in [-0.2, 0) is 30.8 Å². The van der Waals surface area contributed by atoms with Gasteiger partial charge in [0, 0.05) is 18.1 Å². The Morgan fingerprint density at radius 3 is 2.66 bits per heavy atom. The van der Waals surface area contributed by atoms with Crippen molar-refractivity contribution in [2.75, 3.05) is 19.8 Å². The average molecular weight is 523 g/mol. The lowest BCUT2D eigenvalue weighted by atomic mass is 9.96. The highest BCUT2D eigenvalue weighted by Gasteiger charge is 2.43. The number of nitrogens with one attached hydrogen (secondary N) is 1. The molecule has 2 heterocycles. The third-order valence-electron chi connectivity index (χ3n) is 6.46. The van der Waals surface area contributed by atoms with Crippen molar-refractivity contribution in [1.29, 1.82) is 0 Å². The van der Waals surface area contributed by atoms with Crippen LogP contribution in [0.5, 0.6) is 0 Å². The Kier molecular flexibility index (Phi) is 8.46. The van der Waals surface area contributed by atoms with Crippen molar-refractivity contribution in [2.45, 2.75) is 62.0 Å². The second kappa shape index (κ2) is 11.4. The summed E-state index contributed by atoms with van der Waals surface area (Å²) in [5.74, 6) is -0.167. The van der Waals surface area contributed by atoms with E-state index in [9.17, 15) is 18.3 Å². The van der Waals surface area contributed by atoms with Crippen LogP contribution in [0.1, 0.15) is 30.4 Å². The minimum absolute atomic E-state index is 0.00929. The van der Waals surface area contributed by atoms with Gasteiger partial charge in [-0.1, -0.05) is 48.0 Å². The number of hydrogen-bond donors (Lipinski definition) is 2.